The minimum absolute atomic E-state index is 1.17. The Bertz CT molecular complexity index is 344. The third-order valence-corrected chi connectivity index (χ3v) is 2.98. The maximum Gasteiger partial charge on any atom is -0.0257 e. The number of hydrogen-bond acceptors (Lipinski definition) is 0. The van der Waals surface area contributed by atoms with E-state index in [1.54, 1.807) is 5.57 Å². The fourth-order valence-electron chi connectivity index (χ4n) is 1.84. The van der Waals surface area contributed by atoms with Gasteiger partial charge in [0.25, 0.3) is 0 Å². The molecule has 0 unspecified atom stereocenters. The van der Waals surface area contributed by atoms with Gasteiger partial charge in [-0.15, -0.1) is 0 Å². The Kier molecular flexibility index (Phi) is 7.13. The van der Waals surface area contributed by atoms with Crippen molar-refractivity contribution in [2.45, 2.75) is 46.0 Å². The first kappa shape index (κ1) is 13.8. The lowest BCUT2D eigenvalue weighted by molar-refractivity contribution is 0.702. The second-order valence-electron chi connectivity index (χ2n) is 4.41. The molecule has 0 heteroatoms. The van der Waals surface area contributed by atoms with Crippen molar-refractivity contribution in [1.82, 2.24) is 0 Å². The molecular weight excluding hydrogens is 204 g/mol. The Balaban J connectivity index is 2.46. The highest BCUT2D eigenvalue weighted by Crippen LogP contribution is 2.13. The second kappa shape index (κ2) is 8.81. The van der Waals surface area contributed by atoms with Crippen molar-refractivity contribution >= 4 is 6.08 Å². The van der Waals surface area contributed by atoms with Gasteiger partial charge in [-0.25, -0.2) is 0 Å². The van der Waals surface area contributed by atoms with E-state index in [0.29, 0.717) is 0 Å². The zero-order valence-corrected chi connectivity index (χ0v) is 11.2. The second-order valence-corrected chi connectivity index (χ2v) is 4.41. The Morgan fingerprint density at radius 1 is 1.06 bits per heavy atom. The van der Waals surface area contributed by atoms with Crippen molar-refractivity contribution in [1.29, 1.82) is 0 Å². The van der Waals surface area contributed by atoms with Crippen LogP contribution in [-0.4, -0.2) is 0 Å². The van der Waals surface area contributed by atoms with E-state index in [-0.39, 0.29) is 0 Å². The molecule has 0 heterocycles. The highest BCUT2D eigenvalue weighted by atomic mass is 14.0. The lowest BCUT2D eigenvalue weighted by atomic mass is 10.0. The summed E-state index contributed by atoms with van der Waals surface area (Å²) in [6.45, 7) is 4.50. The molecular formula is C17H24. The molecule has 0 aliphatic carbocycles. The van der Waals surface area contributed by atoms with Crippen LogP contribution in [-0.2, 0) is 0 Å². The number of rotatable bonds is 7. The van der Waals surface area contributed by atoms with Crippen LogP contribution in [0.15, 0.2) is 48.1 Å². The summed E-state index contributed by atoms with van der Waals surface area (Å²) < 4.78 is 0. The van der Waals surface area contributed by atoms with E-state index in [1.807, 2.05) is 0 Å². The van der Waals surface area contributed by atoms with Gasteiger partial charge in [0, 0.05) is 0 Å². The topological polar surface area (TPSA) is 0 Å². The molecule has 0 bridgehead atoms. The van der Waals surface area contributed by atoms with Crippen molar-refractivity contribution in [2.24, 2.45) is 0 Å². The van der Waals surface area contributed by atoms with Gasteiger partial charge >= 0.3 is 0 Å². The number of unbranched alkanes of at least 4 members (excludes halogenated alkanes) is 2. The van der Waals surface area contributed by atoms with Crippen molar-refractivity contribution < 1.29 is 0 Å². The smallest absolute Gasteiger partial charge is 0.0257 e. The molecule has 0 atom stereocenters. The van der Waals surface area contributed by atoms with Crippen LogP contribution >= 0.6 is 0 Å². The van der Waals surface area contributed by atoms with E-state index in [0.717, 1.165) is 0 Å². The molecule has 0 aromatic heterocycles. The summed E-state index contributed by atoms with van der Waals surface area (Å²) in [5.41, 5.74) is 2.83. The first-order valence-electron chi connectivity index (χ1n) is 6.78. The van der Waals surface area contributed by atoms with Crippen molar-refractivity contribution in [2.75, 3.05) is 0 Å². The van der Waals surface area contributed by atoms with E-state index in [2.05, 4.69) is 62.4 Å². The molecule has 0 aliphatic heterocycles. The summed E-state index contributed by atoms with van der Waals surface area (Å²) in [6, 6.07) is 10.5. The highest BCUT2D eigenvalue weighted by molar-refractivity contribution is 5.50. The van der Waals surface area contributed by atoms with Gasteiger partial charge in [0.1, 0.15) is 0 Å². The predicted molar refractivity (Wildman–Crippen MR) is 78.0 cm³/mol. The number of hydrogen-bond donors (Lipinski definition) is 0. The summed E-state index contributed by atoms with van der Waals surface area (Å²) in [5.74, 6) is 0. The van der Waals surface area contributed by atoms with Gasteiger partial charge in [-0.2, -0.15) is 0 Å². The summed E-state index contributed by atoms with van der Waals surface area (Å²) in [6.07, 6.45) is 13.0. The molecule has 1 rings (SSSR count). The fraction of sp³-hybridized carbons (Fsp3) is 0.412. The van der Waals surface area contributed by atoms with E-state index in [4.69, 9.17) is 0 Å². The number of benzene rings is 1. The summed E-state index contributed by atoms with van der Waals surface area (Å²) in [4.78, 5) is 0. The standard InChI is InChI=1S/C17H24/c1-3-5-7-11-16(4-2)14-10-15-17-12-8-6-9-13-17/h6,8-10,12-15H,3-5,7,11H2,1-2H3/b15-10+,16-14?. The van der Waals surface area contributed by atoms with Crippen molar-refractivity contribution in [3.8, 4) is 0 Å². The van der Waals surface area contributed by atoms with Crippen molar-refractivity contribution in [3.05, 3.63) is 53.6 Å². The van der Waals surface area contributed by atoms with Gasteiger partial charge in [0.05, 0.1) is 0 Å². The van der Waals surface area contributed by atoms with Crippen molar-refractivity contribution in [3.63, 3.8) is 0 Å². The molecule has 92 valence electrons. The van der Waals surface area contributed by atoms with E-state index >= 15 is 0 Å². The summed E-state index contributed by atoms with van der Waals surface area (Å²) in [5, 5.41) is 0. The monoisotopic (exact) mass is 228 g/mol. The summed E-state index contributed by atoms with van der Waals surface area (Å²) in [7, 11) is 0. The highest BCUT2D eigenvalue weighted by Gasteiger charge is 1.92. The molecule has 0 radical (unpaired) electrons. The lowest BCUT2D eigenvalue weighted by Crippen LogP contribution is -1.82. The van der Waals surface area contributed by atoms with Gasteiger partial charge < -0.3 is 0 Å². The summed E-state index contributed by atoms with van der Waals surface area (Å²) >= 11 is 0. The van der Waals surface area contributed by atoms with Crippen LogP contribution in [0.5, 0.6) is 0 Å². The van der Waals surface area contributed by atoms with Crippen LogP contribution in [0.25, 0.3) is 6.08 Å². The van der Waals surface area contributed by atoms with Crippen LogP contribution in [0.2, 0.25) is 0 Å². The number of allylic oxidation sites excluding steroid dienone is 3. The Hall–Kier alpha value is -1.30. The normalized spacial score (nSPS) is 12.2. The third kappa shape index (κ3) is 6.11. The molecule has 0 N–H and O–H groups in total. The van der Waals surface area contributed by atoms with Gasteiger partial charge in [-0.05, 0) is 24.8 Å². The van der Waals surface area contributed by atoms with Gasteiger partial charge in [0.15, 0.2) is 0 Å². The molecule has 0 aliphatic rings. The Morgan fingerprint density at radius 3 is 2.47 bits per heavy atom. The SMILES string of the molecule is CCCCCC(=C/C=C/c1ccccc1)CC. The quantitative estimate of drug-likeness (QED) is 0.420. The fourth-order valence-corrected chi connectivity index (χ4v) is 1.84. The van der Waals surface area contributed by atoms with E-state index in [9.17, 15) is 0 Å². The van der Waals surface area contributed by atoms with Crippen LogP contribution in [0.1, 0.15) is 51.5 Å². The average molecular weight is 228 g/mol. The zero-order chi connectivity index (χ0) is 12.3. The maximum absolute atomic E-state index is 2.28. The van der Waals surface area contributed by atoms with Crippen LogP contribution in [0.4, 0.5) is 0 Å². The van der Waals surface area contributed by atoms with Crippen LogP contribution in [0, 0.1) is 0 Å². The van der Waals surface area contributed by atoms with Crippen LogP contribution < -0.4 is 0 Å². The Labute approximate surface area is 106 Å². The maximum atomic E-state index is 2.28. The molecule has 0 spiro atoms. The van der Waals surface area contributed by atoms with Gasteiger partial charge in [0.2, 0.25) is 0 Å². The minimum Gasteiger partial charge on any atom is -0.0705 e. The molecule has 1 aromatic carbocycles. The zero-order valence-electron chi connectivity index (χ0n) is 11.2. The Morgan fingerprint density at radius 2 is 1.82 bits per heavy atom. The average Bonchev–Trinajstić information content (AvgIpc) is 2.38. The first-order chi connectivity index (χ1) is 8.36. The molecule has 17 heavy (non-hydrogen) atoms. The van der Waals surface area contributed by atoms with Gasteiger partial charge in [-0.1, -0.05) is 80.8 Å². The van der Waals surface area contributed by atoms with E-state index < -0.39 is 0 Å². The molecule has 0 fully saturated rings. The first-order valence-corrected chi connectivity index (χ1v) is 6.78. The van der Waals surface area contributed by atoms with E-state index in [1.165, 1.54) is 37.7 Å². The minimum atomic E-state index is 1.17. The molecule has 1 aromatic rings. The predicted octanol–water partition coefficient (Wildman–Crippen LogP) is 5.62. The lowest BCUT2D eigenvalue weighted by Gasteiger charge is -2.02. The molecule has 0 amide bonds. The largest absolute Gasteiger partial charge is 0.0705 e. The van der Waals surface area contributed by atoms with Gasteiger partial charge in [-0.3, -0.25) is 0 Å². The third-order valence-electron chi connectivity index (χ3n) is 2.98. The molecule has 0 saturated heterocycles. The van der Waals surface area contributed by atoms with Crippen LogP contribution in [0.3, 0.4) is 0 Å². The molecule has 0 nitrogen and oxygen atoms in total. The molecule has 0 saturated carbocycles.